The van der Waals surface area contributed by atoms with Gasteiger partial charge in [0.2, 0.25) is 0 Å². The van der Waals surface area contributed by atoms with Crippen molar-refractivity contribution >= 4 is 12.1 Å². The van der Waals surface area contributed by atoms with Crippen molar-refractivity contribution in [3.8, 4) is 0 Å². The summed E-state index contributed by atoms with van der Waals surface area (Å²) in [5.41, 5.74) is -1.16. The summed E-state index contributed by atoms with van der Waals surface area (Å²) < 4.78 is 0. The second-order valence-corrected chi connectivity index (χ2v) is 3.27. The van der Waals surface area contributed by atoms with E-state index in [0.29, 0.717) is 13.1 Å². The summed E-state index contributed by atoms with van der Waals surface area (Å²) in [7, 11) is 0. The van der Waals surface area contributed by atoms with Crippen molar-refractivity contribution in [3.05, 3.63) is 0 Å². The fourth-order valence-electron chi connectivity index (χ4n) is 1.29. The number of rotatable bonds is 1. The first kappa shape index (κ1) is 9.79. The molecule has 1 saturated heterocycles. The Balaban J connectivity index is 2.71. The third-order valence-electron chi connectivity index (χ3n) is 2.15. The molecule has 1 unspecified atom stereocenters. The predicted octanol–water partition coefficient (Wildman–Crippen LogP) is -0.587. The quantitative estimate of drug-likeness (QED) is 0.512. The van der Waals surface area contributed by atoms with E-state index in [1.165, 1.54) is 6.92 Å². The lowest BCUT2D eigenvalue weighted by Gasteiger charge is -2.36. The highest BCUT2D eigenvalue weighted by molar-refractivity contribution is 5.80. The number of hydrogen-bond acceptors (Lipinski definition) is 3. The Morgan fingerprint density at radius 1 is 1.46 bits per heavy atom. The SMILES string of the molecule is CC1(C(=O)O)CN(C(=O)O)CCN1. The summed E-state index contributed by atoms with van der Waals surface area (Å²) in [6.07, 6.45) is -1.08. The molecule has 1 aliphatic rings. The van der Waals surface area contributed by atoms with Gasteiger partial charge in [0, 0.05) is 13.1 Å². The van der Waals surface area contributed by atoms with E-state index in [4.69, 9.17) is 10.2 Å². The van der Waals surface area contributed by atoms with Gasteiger partial charge in [0.25, 0.3) is 0 Å². The second kappa shape index (κ2) is 3.21. The van der Waals surface area contributed by atoms with Gasteiger partial charge in [-0.2, -0.15) is 0 Å². The van der Waals surface area contributed by atoms with Crippen LogP contribution in [0.15, 0.2) is 0 Å². The Kier molecular flexibility index (Phi) is 2.42. The van der Waals surface area contributed by atoms with Crippen LogP contribution in [0.5, 0.6) is 0 Å². The normalized spacial score (nSPS) is 28.5. The molecule has 0 aromatic carbocycles. The predicted molar refractivity (Wildman–Crippen MR) is 43.6 cm³/mol. The first-order valence-corrected chi connectivity index (χ1v) is 3.92. The van der Waals surface area contributed by atoms with Crippen molar-refractivity contribution in [2.45, 2.75) is 12.5 Å². The van der Waals surface area contributed by atoms with Crippen LogP contribution >= 0.6 is 0 Å². The maximum absolute atomic E-state index is 10.8. The van der Waals surface area contributed by atoms with Crippen LogP contribution in [0.2, 0.25) is 0 Å². The van der Waals surface area contributed by atoms with Crippen LogP contribution in [0, 0.1) is 0 Å². The molecular weight excluding hydrogens is 176 g/mol. The lowest BCUT2D eigenvalue weighted by molar-refractivity contribution is -0.145. The number of carboxylic acid groups (broad SMARTS) is 2. The number of nitrogens with one attached hydrogen (secondary N) is 1. The van der Waals surface area contributed by atoms with E-state index < -0.39 is 17.6 Å². The third kappa shape index (κ3) is 1.89. The summed E-state index contributed by atoms with van der Waals surface area (Å²) >= 11 is 0. The van der Waals surface area contributed by atoms with Crippen molar-refractivity contribution in [1.82, 2.24) is 10.2 Å². The van der Waals surface area contributed by atoms with Crippen LogP contribution in [0.3, 0.4) is 0 Å². The second-order valence-electron chi connectivity index (χ2n) is 3.27. The molecule has 0 aromatic heterocycles. The van der Waals surface area contributed by atoms with E-state index in [0.717, 1.165) is 4.90 Å². The Morgan fingerprint density at radius 2 is 2.08 bits per heavy atom. The van der Waals surface area contributed by atoms with Crippen LogP contribution in [-0.2, 0) is 4.79 Å². The van der Waals surface area contributed by atoms with Gasteiger partial charge in [-0.3, -0.25) is 10.1 Å². The van der Waals surface area contributed by atoms with Crippen LogP contribution < -0.4 is 5.32 Å². The number of carboxylic acids is 1. The zero-order chi connectivity index (χ0) is 10.1. The highest BCUT2D eigenvalue weighted by Gasteiger charge is 2.39. The largest absolute Gasteiger partial charge is 0.480 e. The van der Waals surface area contributed by atoms with E-state index >= 15 is 0 Å². The minimum Gasteiger partial charge on any atom is -0.480 e. The van der Waals surface area contributed by atoms with Crippen LogP contribution in [0.25, 0.3) is 0 Å². The maximum Gasteiger partial charge on any atom is 0.407 e. The molecule has 1 heterocycles. The average Bonchev–Trinajstić information content (AvgIpc) is 2.04. The molecule has 1 amide bonds. The van der Waals surface area contributed by atoms with E-state index in [9.17, 15) is 9.59 Å². The lowest BCUT2D eigenvalue weighted by Crippen LogP contribution is -2.63. The van der Waals surface area contributed by atoms with E-state index in [1.54, 1.807) is 0 Å². The van der Waals surface area contributed by atoms with Gasteiger partial charge in [-0.05, 0) is 6.92 Å². The van der Waals surface area contributed by atoms with Gasteiger partial charge in [-0.1, -0.05) is 0 Å². The number of piperazine rings is 1. The molecule has 3 N–H and O–H groups in total. The molecular formula is C7H12N2O4. The summed E-state index contributed by atoms with van der Waals surface area (Å²) in [6, 6.07) is 0. The molecule has 0 aromatic rings. The highest BCUT2D eigenvalue weighted by Crippen LogP contribution is 2.11. The Hall–Kier alpha value is -1.30. The number of aliphatic carboxylic acids is 1. The molecule has 0 aliphatic carbocycles. The van der Waals surface area contributed by atoms with Gasteiger partial charge in [0.05, 0.1) is 6.54 Å². The first-order chi connectivity index (χ1) is 5.96. The van der Waals surface area contributed by atoms with Crippen molar-refractivity contribution in [3.63, 3.8) is 0 Å². The molecule has 13 heavy (non-hydrogen) atoms. The zero-order valence-corrected chi connectivity index (χ0v) is 7.28. The van der Waals surface area contributed by atoms with Gasteiger partial charge in [-0.15, -0.1) is 0 Å². The summed E-state index contributed by atoms with van der Waals surface area (Å²) in [5, 5.41) is 20.2. The number of hydrogen-bond donors (Lipinski definition) is 3. The highest BCUT2D eigenvalue weighted by atomic mass is 16.4. The fourth-order valence-corrected chi connectivity index (χ4v) is 1.29. The van der Waals surface area contributed by atoms with Crippen LogP contribution in [0.1, 0.15) is 6.92 Å². The molecule has 1 rings (SSSR count). The fraction of sp³-hybridized carbons (Fsp3) is 0.714. The van der Waals surface area contributed by atoms with Crippen molar-refractivity contribution in [1.29, 1.82) is 0 Å². The van der Waals surface area contributed by atoms with Gasteiger partial charge >= 0.3 is 12.1 Å². The zero-order valence-electron chi connectivity index (χ0n) is 7.28. The van der Waals surface area contributed by atoms with Gasteiger partial charge in [0.1, 0.15) is 5.54 Å². The van der Waals surface area contributed by atoms with Crippen molar-refractivity contribution in [2.75, 3.05) is 19.6 Å². The topological polar surface area (TPSA) is 89.9 Å². The summed E-state index contributed by atoms with van der Waals surface area (Å²) in [5.74, 6) is -1.03. The van der Waals surface area contributed by atoms with E-state index in [2.05, 4.69) is 5.32 Å². The molecule has 0 saturated carbocycles. The van der Waals surface area contributed by atoms with Crippen LogP contribution in [0.4, 0.5) is 4.79 Å². The molecule has 6 heteroatoms. The Morgan fingerprint density at radius 3 is 2.54 bits per heavy atom. The molecule has 1 fully saturated rings. The van der Waals surface area contributed by atoms with Gasteiger partial charge < -0.3 is 15.1 Å². The van der Waals surface area contributed by atoms with Crippen molar-refractivity contribution in [2.24, 2.45) is 0 Å². The molecule has 0 bridgehead atoms. The standard InChI is InChI=1S/C7H12N2O4/c1-7(5(10)11)4-9(6(12)13)3-2-8-7/h8H,2-4H2,1H3,(H,10,11)(H,12,13). The smallest absolute Gasteiger partial charge is 0.407 e. The third-order valence-corrected chi connectivity index (χ3v) is 2.15. The molecule has 1 atom stereocenters. The molecule has 1 aliphatic heterocycles. The van der Waals surface area contributed by atoms with Crippen molar-refractivity contribution < 1.29 is 19.8 Å². The molecule has 0 spiro atoms. The molecule has 74 valence electrons. The van der Waals surface area contributed by atoms with Gasteiger partial charge in [-0.25, -0.2) is 4.79 Å². The maximum atomic E-state index is 10.8. The number of nitrogens with zero attached hydrogens (tertiary/aromatic N) is 1. The Labute approximate surface area is 75.1 Å². The average molecular weight is 188 g/mol. The number of carbonyl (C=O) groups is 2. The van der Waals surface area contributed by atoms with E-state index in [1.807, 2.05) is 0 Å². The molecule has 6 nitrogen and oxygen atoms in total. The Bertz CT molecular complexity index is 243. The number of amides is 1. The summed E-state index contributed by atoms with van der Waals surface area (Å²) in [4.78, 5) is 22.4. The lowest BCUT2D eigenvalue weighted by atomic mass is 10.00. The first-order valence-electron chi connectivity index (χ1n) is 3.92. The minimum absolute atomic E-state index is 0.0162. The van der Waals surface area contributed by atoms with Gasteiger partial charge in [0.15, 0.2) is 0 Å². The monoisotopic (exact) mass is 188 g/mol. The van der Waals surface area contributed by atoms with Crippen LogP contribution in [-0.4, -0.2) is 52.3 Å². The summed E-state index contributed by atoms with van der Waals surface area (Å²) in [6.45, 7) is 2.16. The van der Waals surface area contributed by atoms with E-state index in [-0.39, 0.29) is 6.54 Å². The molecule has 0 radical (unpaired) electrons. The minimum atomic E-state index is -1.16.